The summed E-state index contributed by atoms with van der Waals surface area (Å²) in [7, 11) is 0. The minimum absolute atomic E-state index is 0.148. The molecule has 0 unspecified atom stereocenters. The topological polar surface area (TPSA) is 34.2 Å². The molecule has 0 aliphatic rings. The molecule has 3 nitrogen and oxygen atoms in total. The van der Waals surface area contributed by atoms with Crippen LogP contribution in [0.15, 0.2) is 36.4 Å². The Hall–Kier alpha value is -1.65. The second kappa shape index (κ2) is 7.22. The second-order valence-electron chi connectivity index (χ2n) is 4.29. The maximum absolute atomic E-state index is 13.5. The first-order valence-corrected chi connectivity index (χ1v) is 6.87. The van der Waals surface area contributed by atoms with Crippen LogP contribution in [0.5, 0.6) is 11.6 Å². The highest BCUT2D eigenvalue weighted by Gasteiger charge is 2.08. The standard InChI is InChI=1S/C15H16ClFN2O/c1-2-9-18-10-13-11(16)7-8-15(19-13)20-14-6-4-3-5-12(14)17/h3-8,18H,2,9-10H2,1H3. The number of pyridine rings is 1. The third-order valence-electron chi connectivity index (χ3n) is 2.66. The highest BCUT2D eigenvalue weighted by atomic mass is 35.5. The highest BCUT2D eigenvalue weighted by Crippen LogP contribution is 2.25. The molecule has 1 aromatic heterocycles. The largest absolute Gasteiger partial charge is 0.436 e. The summed E-state index contributed by atoms with van der Waals surface area (Å²) in [5.74, 6) is 0.0532. The van der Waals surface area contributed by atoms with Crippen molar-refractivity contribution in [1.82, 2.24) is 10.3 Å². The van der Waals surface area contributed by atoms with Gasteiger partial charge >= 0.3 is 0 Å². The number of benzene rings is 1. The van der Waals surface area contributed by atoms with Crippen molar-refractivity contribution in [2.45, 2.75) is 19.9 Å². The first kappa shape index (κ1) is 14.8. The quantitative estimate of drug-likeness (QED) is 0.812. The average Bonchev–Trinajstić information content (AvgIpc) is 2.45. The molecule has 0 spiro atoms. The number of para-hydroxylation sites is 1. The van der Waals surface area contributed by atoms with Crippen LogP contribution < -0.4 is 10.1 Å². The van der Waals surface area contributed by atoms with Crippen molar-refractivity contribution < 1.29 is 9.13 Å². The molecule has 106 valence electrons. The third kappa shape index (κ3) is 3.92. The van der Waals surface area contributed by atoms with Gasteiger partial charge in [0.05, 0.1) is 10.7 Å². The Bertz CT molecular complexity index is 578. The van der Waals surface area contributed by atoms with Gasteiger partial charge in [-0.2, -0.15) is 0 Å². The van der Waals surface area contributed by atoms with Gasteiger partial charge in [0, 0.05) is 12.6 Å². The van der Waals surface area contributed by atoms with Gasteiger partial charge in [0.15, 0.2) is 11.6 Å². The lowest BCUT2D eigenvalue weighted by Crippen LogP contribution is -2.15. The first-order valence-electron chi connectivity index (χ1n) is 6.49. The van der Waals surface area contributed by atoms with E-state index < -0.39 is 5.82 Å². The summed E-state index contributed by atoms with van der Waals surface area (Å²) in [5.41, 5.74) is 0.689. The van der Waals surface area contributed by atoms with Crippen LogP contribution in [0, 0.1) is 5.82 Å². The molecule has 1 heterocycles. The van der Waals surface area contributed by atoms with Crippen molar-refractivity contribution in [1.29, 1.82) is 0 Å². The van der Waals surface area contributed by atoms with Crippen LogP contribution in [-0.2, 0) is 6.54 Å². The van der Waals surface area contributed by atoms with Gasteiger partial charge in [-0.1, -0.05) is 30.7 Å². The number of aromatic nitrogens is 1. The second-order valence-corrected chi connectivity index (χ2v) is 4.69. The summed E-state index contributed by atoms with van der Waals surface area (Å²) < 4.78 is 19.0. The van der Waals surface area contributed by atoms with Crippen LogP contribution in [0.1, 0.15) is 19.0 Å². The Balaban J connectivity index is 2.13. The van der Waals surface area contributed by atoms with Crippen LogP contribution >= 0.6 is 11.6 Å². The summed E-state index contributed by atoms with van der Waals surface area (Å²) in [6.07, 6.45) is 1.03. The molecule has 0 atom stereocenters. The molecule has 0 bridgehead atoms. The van der Waals surface area contributed by atoms with Gasteiger partial charge < -0.3 is 10.1 Å². The van der Waals surface area contributed by atoms with E-state index in [1.807, 2.05) is 0 Å². The Morgan fingerprint density at radius 3 is 2.80 bits per heavy atom. The monoisotopic (exact) mass is 294 g/mol. The molecule has 0 fully saturated rings. The van der Waals surface area contributed by atoms with E-state index in [0.29, 0.717) is 23.1 Å². The first-order chi connectivity index (χ1) is 9.70. The van der Waals surface area contributed by atoms with E-state index in [0.717, 1.165) is 13.0 Å². The zero-order chi connectivity index (χ0) is 14.4. The number of hydrogen-bond donors (Lipinski definition) is 1. The summed E-state index contributed by atoms with van der Waals surface area (Å²) >= 11 is 6.08. The lowest BCUT2D eigenvalue weighted by Gasteiger charge is -2.09. The molecule has 1 aromatic carbocycles. The van der Waals surface area contributed by atoms with Crippen LogP contribution in [0.3, 0.4) is 0 Å². The maximum atomic E-state index is 13.5. The molecule has 0 saturated carbocycles. The molecule has 20 heavy (non-hydrogen) atoms. The fraction of sp³-hybridized carbons (Fsp3) is 0.267. The summed E-state index contributed by atoms with van der Waals surface area (Å²) in [6.45, 7) is 3.53. The normalized spacial score (nSPS) is 10.6. The Morgan fingerprint density at radius 2 is 2.05 bits per heavy atom. The van der Waals surface area contributed by atoms with E-state index >= 15 is 0 Å². The Labute approximate surface area is 122 Å². The molecule has 2 rings (SSSR count). The predicted octanol–water partition coefficient (Wildman–Crippen LogP) is 4.17. The SMILES string of the molecule is CCCNCc1nc(Oc2ccccc2F)ccc1Cl. The average molecular weight is 295 g/mol. The van der Waals surface area contributed by atoms with Crippen molar-refractivity contribution in [3.05, 3.63) is 52.9 Å². The van der Waals surface area contributed by atoms with Gasteiger partial charge in [-0.15, -0.1) is 0 Å². The lowest BCUT2D eigenvalue weighted by atomic mass is 10.3. The van der Waals surface area contributed by atoms with Crippen molar-refractivity contribution in [3.8, 4) is 11.6 Å². The van der Waals surface area contributed by atoms with E-state index in [1.54, 1.807) is 30.3 Å². The molecule has 0 saturated heterocycles. The molecule has 0 radical (unpaired) electrons. The van der Waals surface area contributed by atoms with E-state index in [9.17, 15) is 4.39 Å². The zero-order valence-electron chi connectivity index (χ0n) is 11.2. The molecule has 0 aliphatic heterocycles. The van der Waals surface area contributed by atoms with E-state index in [2.05, 4.69) is 17.2 Å². The van der Waals surface area contributed by atoms with Gasteiger partial charge in [-0.3, -0.25) is 0 Å². The van der Waals surface area contributed by atoms with Gasteiger partial charge in [0.2, 0.25) is 5.88 Å². The number of nitrogens with one attached hydrogen (secondary N) is 1. The molecule has 2 aromatic rings. The number of ether oxygens (including phenoxy) is 1. The smallest absolute Gasteiger partial charge is 0.219 e. The third-order valence-corrected chi connectivity index (χ3v) is 3.01. The summed E-state index contributed by atoms with van der Waals surface area (Å²) in [4.78, 5) is 4.30. The molecule has 1 N–H and O–H groups in total. The van der Waals surface area contributed by atoms with Gasteiger partial charge in [-0.25, -0.2) is 9.37 Å². The summed E-state index contributed by atoms with van der Waals surface area (Å²) in [6, 6.07) is 9.54. The van der Waals surface area contributed by atoms with Crippen LogP contribution in [-0.4, -0.2) is 11.5 Å². The number of nitrogens with zero attached hydrogens (tertiary/aromatic N) is 1. The van der Waals surface area contributed by atoms with Gasteiger partial charge in [0.25, 0.3) is 0 Å². The summed E-state index contributed by atoms with van der Waals surface area (Å²) in [5, 5.41) is 3.78. The maximum Gasteiger partial charge on any atom is 0.219 e. The van der Waals surface area contributed by atoms with E-state index in [1.165, 1.54) is 6.07 Å². The Kier molecular flexibility index (Phi) is 5.32. The molecular formula is C15H16ClFN2O. The van der Waals surface area contributed by atoms with Gasteiger partial charge in [0.1, 0.15) is 0 Å². The minimum Gasteiger partial charge on any atom is -0.436 e. The minimum atomic E-state index is -0.421. The molecule has 5 heteroatoms. The number of hydrogen-bond acceptors (Lipinski definition) is 3. The number of halogens is 2. The lowest BCUT2D eigenvalue weighted by molar-refractivity contribution is 0.425. The molecule has 0 amide bonds. The van der Waals surface area contributed by atoms with Crippen LogP contribution in [0.4, 0.5) is 4.39 Å². The Morgan fingerprint density at radius 1 is 1.25 bits per heavy atom. The van der Waals surface area contributed by atoms with Crippen molar-refractivity contribution >= 4 is 11.6 Å². The van der Waals surface area contributed by atoms with Crippen LogP contribution in [0.2, 0.25) is 5.02 Å². The molecular weight excluding hydrogens is 279 g/mol. The fourth-order valence-electron chi connectivity index (χ4n) is 1.67. The van der Waals surface area contributed by atoms with Gasteiger partial charge in [-0.05, 0) is 31.2 Å². The van der Waals surface area contributed by atoms with Crippen molar-refractivity contribution in [2.24, 2.45) is 0 Å². The predicted molar refractivity (Wildman–Crippen MR) is 77.7 cm³/mol. The van der Waals surface area contributed by atoms with Crippen molar-refractivity contribution in [3.63, 3.8) is 0 Å². The molecule has 0 aliphatic carbocycles. The fourth-order valence-corrected chi connectivity index (χ4v) is 1.84. The number of rotatable bonds is 6. The van der Waals surface area contributed by atoms with Crippen molar-refractivity contribution in [2.75, 3.05) is 6.54 Å². The van der Waals surface area contributed by atoms with E-state index in [4.69, 9.17) is 16.3 Å². The highest BCUT2D eigenvalue weighted by molar-refractivity contribution is 6.31. The van der Waals surface area contributed by atoms with Crippen LogP contribution in [0.25, 0.3) is 0 Å². The zero-order valence-corrected chi connectivity index (χ0v) is 12.0. The van der Waals surface area contributed by atoms with E-state index in [-0.39, 0.29) is 5.75 Å².